The summed E-state index contributed by atoms with van der Waals surface area (Å²) in [6, 6.07) is 6.72. The summed E-state index contributed by atoms with van der Waals surface area (Å²) in [5.41, 5.74) is 0. The van der Waals surface area contributed by atoms with Gasteiger partial charge in [-0.15, -0.1) is 0 Å². The van der Waals surface area contributed by atoms with Crippen LogP contribution in [0.25, 0.3) is 0 Å². The van der Waals surface area contributed by atoms with E-state index in [0.29, 0.717) is 17.9 Å². The molecule has 2 N–H and O–H groups in total. The van der Waals surface area contributed by atoms with Gasteiger partial charge in [0.05, 0.1) is 4.90 Å². The molecule has 0 bridgehead atoms. The van der Waals surface area contributed by atoms with Gasteiger partial charge in [-0.1, -0.05) is 0 Å². The van der Waals surface area contributed by atoms with Crippen molar-refractivity contribution in [1.82, 2.24) is 4.72 Å². The Bertz CT molecular complexity index is 431. The molecular weight excluding hydrogens is 353 g/mol. The summed E-state index contributed by atoms with van der Waals surface area (Å²) in [4.78, 5) is 0.292. The number of aliphatic hydroxyl groups excluding tert-OH is 1. The molecule has 0 aromatic heterocycles. The summed E-state index contributed by atoms with van der Waals surface area (Å²) >= 11 is 2.13. The van der Waals surface area contributed by atoms with Gasteiger partial charge in [0.15, 0.2) is 0 Å². The van der Waals surface area contributed by atoms with Crippen LogP contribution in [-0.4, -0.2) is 26.7 Å². The number of sulfonamides is 1. The molecule has 1 aromatic carbocycles. The third-order valence-electron chi connectivity index (χ3n) is 2.25. The first-order valence-corrected chi connectivity index (χ1v) is 7.98. The molecule has 0 heterocycles. The minimum atomic E-state index is -3.38. The van der Waals surface area contributed by atoms with Gasteiger partial charge in [-0.25, -0.2) is 13.1 Å². The van der Waals surface area contributed by atoms with Crippen LogP contribution in [0.15, 0.2) is 29.2 Å². The number of unbranched alkanes of at least 4 members (excludes halogenated alkanes) is 2. The molecule has 0 saturated carbocycles. The maximum Gasteiger partial charge on any atom is 0.240 e. The number of rotatable bonds is 7. The molecule has 0 unspecified atom stereocenters. The lowest BCUT2D eigenvalue weighted by Gasteiger charge is -2.06. The van der Waals surface area contributed by atoms with Crippen LogP contribution in [0.5, 0.6) is 0 Å². The summed E-state index contributed by atoms with van der Waals surface area (Å²) in [6.45, 7) is 0.568. The second-order valence-corrected chi connectivity index (χ2v) is 6.65. The highest BCUT2D eigenvalue weighted by molar-refractivity contribution is 14.1. The van der Waals surface area contributed by atoms with E-state index in [1.807, 2.05) is 0 Å². The summed E-state index contributed by atoms with van der Waals surface area (Å²) in [7, 11) is -3.38. The largest absolute Gasteiger partial charge is 0.396 e. The van der Waals surface area contributed by atoms with Crippen molar-refractivity contribution >= 4 is 32.6 Å². The summed E-state index contributed by atoms with van der Waals surface area (Å²) < 4.78 is 27.2. The lowest BCUT2D eigenvalue weighted by molar-refractivity contribution is 0.283. The average molecular weight is 369 g/mol. The van der Waals surface area contributed by atoms with Gasteiger partial charge in [-0.3, -0.25) is 0 Å². The first-order valence-electron chi connectivity index (χ1n) is 5.42. The SMILES string of the molecule is O=S(=O)(NCCCCCO)c1ccc(I)cc1. The third-order valence-corrected chi connectivity index (χ3v) is 4.45. The van der Waals surface area contributed by atoms with Crippen molar-refractivity contribution in [2.45, 2.75) is 24.2 Å². The van der Waals surface area contributed by atoms with Gasteiger partial charge in [-0.2, -0.15) is 0 Å². The van der Waals surface area contributed by atoms with Crippen LogP contribution >= 0.6 is 22.6 Å². The standard InChI is InChI=1S/C11H16INO3S/c12-10-4-6-11(7-5-10)17(15,16)13-8-2-1-3-9-14/h4-7,13-14H,1-3,8-9H2. The zero-order valence-electron chi connectivity index (χ0n) is 9.39. The first-order chi connectivity index (χ1) is 8.06. The van der Waals surface area contributed by atoms with Gasteiger partial charge in [0.2, 0.25) is 10.0 Å². The minimum absolute atomic E-state index is 0.157. The number of aliphatic hydroxyl groups is 1. The molecular formula is C11H16INO3S. The number of hydrogen-bond donors (Lipinski definition) is 2. The molecule has 0 atom stereocenters. The van der Waals surface area contributed by atoms with Gasteiger partial charge < -0.3 is 5.11 Å². The van der Waals surface area contributed by atoms with Gasteiger partial charge >= 0.3 is 0 Å². The highest BCUT2D eigenvalue weighted by Crippen LogP contribution is 2.11. The molecule has 0 aliphatic rings. The van der Waals surface area contributed by atoms with Crippen LogP contribution in [0, 0.1) is 3.57 Å². The minimum Gasteiger partial charge on any atom is -0.396 e. The molecule has 0 fully saturated rings. The number of hydrogen-bond acceptors (Lipinski definition) is 3. The highest BCUT2D eigenvalue weighted by Gasteiger charge is 2.12. The lowest BCUT2D eigenvalue weighted by atomic mass is 10.2. The molecule has 1 aromatic rings. The summed E-state index contributed by atoms with van der Waals surface area (Å²) in [6.07, 6.45) is 2.28. The normalized spacial score (nSPS) is 11.6. The van der Waals surface area contributed by atoms with Gasteiger partial charge in [0.25, 0.3) is 0 Å². The van der Waals surface area contributed by atoms with Crippen LogP contribution in [0.4, 0.5) is 0 Å². The summed E-state index contributed by atoms with van der Waals surface area (Å²) in [5.74, 6) is 0. The predicted octanol–water partition coefficient (Wildman–Crippen LogP) is 1.73. The molecule has 6 heteroatoms. The molecule has 0 radical (unpaired) electrons. The Balaban J connectivity index is 2.48. The van der Waals surface area contributed by atoms with Gasteiger partial charge in [-0.05, 0) is 66.1 Å². The van der Waals surface area contributed by atoms with E-state index in [4.69, 9.17) is 5.11 Å². The van der Waals surface area contributed by atoms with E-state index in [-0.39, 0.29) is 6.61 Å². The first kappa shape index (κ1) is 14.9. The van der Waals surface area contributed by atoms with Gasteiger partial charge in [0.1, 0.15) is 0 Å². The number of halogens is 1. The Morgan fingerprint density at radius 2 is 1.76 bits per heavy atom. The molecule has 4 nitrogen and oxygen atoms in total. The van der Waals surface area contributed by atoms with Crippen LogP contribution < -0.4 is 4.72 Å². The van der Waals surface area contributed by atoms with Crippen molar-refractivity contribution in [2.24, 2.45) is 0 Å². The molecule has 0 saturated heterocycles. The molecule has 0 aliphatic carbocycles. The Kier molecular flexibility index (Phi) is 6.39. The van der Waals surface area contributed by atoms with Crippen molar-refractivity contribution in [3.05, 3.63) is 27.8 Å². The molecule has 96 valence electrons. The third kappa shape index (κ3) is 5.33. The van der Waals surface area contributed by atoms with Crippen molar-refractivity contribution in [3.8, 4) is 0 Å². The van der Waals surface area contributed by atoms with E-state index in [0.717, 1.165) is 16.4 Å². The van der Waals surface area contributed by atoms with Crippen LogP contribution in [0.1, 0.15) is 19.3 Å². The molecule has 1 rings (SSSR count). The van der Waals surface area contributed by atoms with Crippen LogP contribution in [-0.2, 0) is 10.0 Å². The zero-order chi connectivity index (χ0) is 12.7. The second kappa shape index (κ2) is 7.30. The highest BCUT2D eigenvalue weighted by atomic mass is 127. The average Bonchev–Trinajstić information content (AvgIpc) is 2.29. The Morgan fingerprint density at radius 3 is 2.35 bits per heavy atom. The lowest BCUT2D eigenvalue weighted by Crippen LogP contribution is -2.24. The van der Waals surface area contributed by atoms with Crippen molar-refractivity contribution in [2.75, 3.05) is 13.2 Å². The van der Waals surface area contributed by atoms with Gasteiger partial charge in [0, 0.05) is 16.7 Å². The molecule has 0 amide bonds. The number of benzene rings is 1. The van der Waals surface area contributed by atoms with E-state index in [1.54, 1.807) is 24.3 Å². The van der Waals surface area contributed by atoms with Crippen molar-refractivity contribution in [3.63, 3.8) is 0 Å². The van der Waals surface area contributed by atoms with E-state index in [1.165, 1.54) is 0 Å². The van der Waals surface area contributed by atoms with E-state index in [2.05, 4.69) is 27.3 Å². The monoisotopic (exact) mass is 369 g/mol. The van der Waals surface area contributed by atoms with Crippen molar-refractivity contribution in [1.29, 1.82) is 0 Å². The van der Waals surface area contributed by atoms with E-state index < -0.39 is 10.0 Å². The fourth-order valence-electron chi connectivity index (χ4n) is 1.32. The van der Waals surface area contributed by atoms with Crippen LogP contribution in [0.3, 0.4) is 0 Å². The quantitative estimate of drug-likeness (QED) is 0.568. The molecule has 17 heavy (non-hydrogen) atoms. The number of nitrogens with one attached hydrogen (secondary N) is 1. The smallest absolute Gasteiger partial charge is 0.240 e. The Hall–Kier alpha value is -0.180. The van der Waals surface area contributed by atoms with E-state index >= 15 is 0 Å². The summed E-state index contributed by atoms with van der Waals surface area (Å²) in [5, 5.41) is 8.59. The topological polar surface area (TPSA) is 66.4 Å². The second-order valence-electron chi connectivity index (χ2n) is 3.64. The molecule has 0 spiro atoms. The van der Waals surface area contributed by atoms with Crippen LogP contribution in [0.2, 0.25) is 0 Å². The Labute approximate surface area is 116 Å². The maximum atomic E-state index is 11.8. The fourth-order valence-corrected chi connectivity index (χ4v) is 2.75. The zero-order valence-corrected chi connectivity index (χ0v) is 12.4. The fraction of sp³-hybridized carbons (Fsp3) is 0.455. The van der Waals surface area contributed by atoms with Crippen molar-refractivity contribution < 1.29 is 13.5 Å². The predicted molar refractivity (Wildman–Crippen MR) is 75.3 cm³/mol. The van der Waals surface area contributed by atoms with E-state index in [9.17, 15) is 8.42 Å². The molecule has 0 aliphatic heterocycles. The maximum absolute atomic E-state index is 11.8. The Morgan fingerprint density at radius 1 is 1.12 bits per heavy atom.